The number of rotatable bonds is 3. The van der Waals surface area contributed by atoms with Gasteiger partial charge >= 0.3 is 0 Å². The Balaban J connectivity index is 1.86. The Morgan fingerprint density at radius 2 is 2.10 bits per heavy atom. The molecule has 0 atom stereocenters. The first-order chi connectivity index (χ1) is 9.61. The van der Waals surface area contributed by atoms with Crippen molar-refractivity contribution in [3.8, 4) is 0 Å². The molecule has 2 heterocycles. The first kappa shape index (κ1) is 13.0. The van der Waals surface area contributed by atoms with E-state index in [0.717, 1.165) is 5.69 Å². The van der Waals surface area contributed by atoms with Gasteiger partial charge in [-0.15, -0.1) is 16.3 Å². The molecule has 0 amide bonds. The average Bonchev–Trinajstić information content (AvgIpc) is 2.78. The highest BCUT2D eigenvalue weighted by Crippen LogP contribution is 2.22. The Morgan fingerprint density at radius 3 is 2.90 bits per heavy atom. The normalized spacial score (nSPS) is 11.1. The molecule has 0 radical (unpaired) electrons. The van der Waals surface area contributed by atoms with Crippen molar-refractivity contribution < 1.29 is 4.52 Å². The van der Waals surface area contributed by atoms with Crippen LogP contribution in [0.1, 0.15) is 17.0 Å². The third kappa shape index (κ3) is 2.63. The zero-order valence-electron chi connectivity index (χ0n) is 11.3. The molecule has 3 aromatic rings. The monoisotopic (exact) mass is 286 g/mol. The van der Waals surface area contributed by atoms with E-state index in [-0.39, 0.29) is 5.56 Å². The summed E-state index contributed by atoms with van der Waals surface area (Å²) in [7, 11) is 0. The van der Waals surface area contributed by atoms with Gasteiger partial charge < -0.3 is 4.52 Å². The van der Waals surface area contributed by atoms with Gasteiger partial charge in [-0.1, -0.05) is 17.7 Å². The molecule has 0 saturated carbocycles. The van der Waals surface area contributed by atoms with E-state index in [4.69, 9.17) is 4.52 Å². The van der Waals surface area contributed by atoms with Crippen LogP contribution in [0.3, 0.4) is 0 Å². The Bertz CT molecular complexity index is 820. The molecule has 0 aliphatic heterocycles. The van der Waals surface area contributed by atoms with Crippen LogP contribution in [0, 0.1) is 13.8 Å². The highest BCUT2D eigenvalue weighted by molar-refractivity contribution is 7.98. The third-order valence-corrected chi connectivity index (χ3v) is 3.93. The van der Waals surface area contributed by atoms with Crippen LogP contribution in [0.15, 0.2) is 50.6 Å². The van der Waals surface area contributed by atoms with Crippen molar-refractivity contribution in [1.29, 1.82) is 0 Å². The van der Waals surface area contributed by atoms with Crippen molar-refractivity contribution >= 4 is 17.4 Å². The molecule has 0 aliphatic carbocycles. The molecule has 3 rings (SSSR count). The summed E-state index contributed by atoms with van der Waals surface area (Å²) >= 11 is 1.67. The predicted molar refractivity (Wildman–Crippen MR) is 79.2 cm³/mol. The summed E-state index contributed by atoms with van der Waals surface area (Å²) in [4.78, 5) is 17.5. The van der Waals surface area contributed by atoms with Gasteiger partial charge in [-0.05, 0) is 26.0 Å². The van der Waals surface area contributed by atoms with Crippen LogP contribution < -0.4 is 5.56 Å². The van der Waals surface area contributed by atoms with Gasteiger partial charge in [0.1, 0.15) is 5.76 Å². The highest BCUT2D eigenvalue weighted by Gasteiger charge is 2.07. The number of fused-ring (bicyclic) bond motifs is 1. The molecule has 102 valence electrons. The number of thioether (sulfide) groups is 1. The van der Waals surface area contributed by atoms with Crippen LogP contribution in [0.4, 0.5) is 0 Å². The highest BCUT2D eigenvalue weighted by atomic mass is 32.2. The van der Waals surface area contributed by atoms with Crippen molar-refractivity contribution in [1.82, 2.24) is 9.56 Å². The fraction of sp³-hybridized carbons (Fsp3) is 0.200. The maximum atomic E-state index is 11.9. The molecular weight excluding hydrogens is 272 g/mol. The molecule has 0 aliphatic rings. The predicted octanol–water partition coefficient (Wildman–Crippen LogP) is 3.20. The minimum absolute atomic E-state index is 0.178. The van der Waals surface area contributed by atoms with Crippen molar-refractivity contribution in [2.24, 2.45) is 0 Å². The molecular formula is C15H14N2O2S. The van der Waals surface area contributed by atoms with Gasteiger partial charge in [-0.3, -0.25) is 4.79 Å². The van der Waals surface area contributed by atoms with Crippen molar-refractivity contribution in [2.45, 2.75) is 24.5 Å². The van der Waals surface area contributed by atoms with Crippen molar-refractivity contribution in [3.05, 3.63) is 63.8 Å². The van der Waals surface area contributed by atoms with E-state index in [0.29, 0.717) is 17.2 Å². The Labute approximate surface area is 120 Å². The SMILES string of the molecule is Cc1cccc(SCc2cc(=O)n3oc(C)cc3n2)c1. The number of hydrogen-bond acceptors (Lipinski definition) is 4. The van der Waals surface area contributed by atoms with Crippen molar-refractivity contribution in [2.75, 3.05) is 0 Å². The van der Waals surface area contributed by atoms with Gasteiger partial charge in [0.05, 0.1) is 5.69 Å². The second-order valence-corrected chi connectivity index (χ2v) is 5.74. The standard InChI is InChI=1S/C15H14N2O2S/c1-10-4-3-5-13(6-10)20-9-12-8-15(18)17-14(16-12)7-11(2)19-17/h3-8H,9H2,1-2H3. The number of aryl methyl sites for hydroxylation is 2. The Morgan fingerprint density at radius 1 is 1.25 bits per heavy atom. The molecule has 0 unspecified atom stereocenters. The second-order valence-electron chi connectivity index (χ2n) is 4.69. The second kappa shape index (κ2) is 5.17. The van der Waals surface area contributed by atoms with Crippen LogP contribution >= 0.6 is 11.8 Å². The molecule has 0 fully saturated rings. The molecule has 0 bridgehead atoms. The summed E-state index contributed by atoms with van der Waals surface area (Å²) in [6.07, 6.45) is 0. The van der Waals surface area contributed by atoms with E-state index in [2.05, 4.69) is 30.1 Å². The molecule has 2 aromatic heterocycles. The summed E-state index contributed by atoms with van der Waals surface area (Å²) in [6, 6.07) is 11.6. The molecule has 5 heteroatoms. The Hall–Kier alpha value is -2.01. The van der Waals surface area contributed by atoms with Crippen LogP contribution in [-0.2, 0) is 5.75 Å². The molecule has 0 spiro atoms. The lowest BCUT2D eigenvalue weighted by Gasteiger charge is -2.02. The van der Waals surface area contributed by atoms with E-state index in [9.17, 15) is 4.79 Å². The lowest BCUT2D eigenvalue weighted by Crippen LogP contribution is -2.12. The summed E-state index contributed by atoms with van der Waals surface area (Å²) in [6.45, 7) is 3.87. The molecule has 20 heavy (non-hydrogen) atoms. The minimum Gasteiger partial charge on any atom is -0.375 e. The van der Waals surface area contributed by atoms with Gasteiger partial charge in [0, 0.05) is 22.8 Å². The van der Waals surface area contributed by atoms with Crippen LogP contribution in [0.25, 0.3) is 5.65 Å². The summed E-state index contributed by atoms with van der Waals surface area (Å²) in [5, 5.41) is 0. The molecule has 0 saturated heterocycles. The fourth-order valence-corrected chi connectivity index (χ4v) is 2.92. The number of benzene rings is 1. The smallest absolute Gasteiger partial charge is 0.287 e. The first-order valence-corrected chi connectivity index (χ1v) is 7.29. The quantitative estimate of drug-likeness (QED) is 0.694. The topological polar surface area (TPSA) is 47.5 Å². The zero-order valence-corrected chi connectivity index (χ0v) is 12.1. The average molecular weight is 286 g/mol. The lowest BCUT2D eigenvalue weighted by atomic mass is 10.2. The van der Waals surface area contributed by atoms with Gasteiger partial charge in [0.25, 0.3) is 5.56 Å². The van der Waals surface area contributed by atoms with Crippen molar-refractivity contribution in [3.63, 3.8) is 0 Å². The maximum absolute atomic E-state index is 11.9. The molecule has 0 N–H and O–H groups in total. The number of hydrogen-bond donors (Lipinski definition) is 0. The minimum atomic E-state index is -0.178. The van der Waals surface area contributed by atoms with Crippen LogP contribution in [-0.4, -0.2) is 9.56 Å². The summed E-state index contributed by atoms with van der Waals surface area (Å²) in [5.74, 6) is 1.34. The van der Waals surface area contributed by atoms with Gasteiger partial charge in [-0.25, -0.2) is 4.98 Å². The number of nitrogens with zero attached hydrogens (tertiary/aromatic N) is 2. The van der Waals surface area contributed by atoms with Crippen LogP contribution in [0.2, 0.25) is 0 Å². The molecule has 4 nitrogen and oxygen atoms in total. The summed E-state index contributed by atoms with van der Waals surface area (Å²) < 4.78 is 6.49. The summed E-state index contributed by atoms with van der Waals surface area (Å²) in [5.41, 5.74) is 2.38. The van der Waals surface area contributed by atoms with Gasteiger partial charge in [0.15, 0.2) is 5.65 Å². The van der Waals surface area contributed by atoms with E-state index in [1.807, 2.05) is 6.07 Å². The zero-order chi connectivity index (χ0) is 14.1. The number of aromatic nitrogens is 2. The van der Waals surface area contributed by atoms with E-state index in [1.165, 1.54) is 21.1 Å². The largest absolute Gasteiger partial charge is 0.375 e. The van der Waals surface area contributed by atoms with Crippen LogP contribution in [0.5, 0.6) is 0 Å². The van der Waals surface area contributed by atoms with Gasteiger partial charge in [0.2, 0.25) is 0 Å². The molecule has 1 aromatic carbocycles. The van der Waals surface area contributed by atoms with E-state index < -0.39 is 0 Å². The lowest BCUT2D eigenvalue weighted by molar-refractivity contribution is 0.344. The van der Waals surface area contributed by atoms with E-state index >= 15 is 0 Å². The fourth-order valence-electron chi connectivity index (χ4n) is 2.01. The third-order valence-electron chi connectivity index (χ3n) is 2.90. The van der Waals surface area contributed by atoms with E-state index in [1.54, 1.807) is 24.8 Å². The van der Waals surface area contributed by atoms with Gasteiger partial charge in [-0.2, -0.15) is 0 Å². The Kier molecular flexibility index (Phi) is 3.36. The maximum Gasteiger partial charge on any atom is 0.287 e. The first-order valence-electron chi connectivity index (χ1n) is 6.31.